The van der Waals surface area contributed by atoms with Gasteiger partial charge in [-0.3, -0.25) is 4.79 Å². The molecule has 0 aliphatic rings. The molecule has 0 saturated carbocycles. The van der Waals surface area contributed by atoms with Gasteiger partial charge in [-0.1, -0.05) is 24.9 Å². The van der Waals surface area contributed by atoms with Gasteiger partial charge >= 0.3 is 0 Å². The Kier molecular flexibility index (Phi) is 6.35. The maximum Gasteiger partial charge on any atom is 0.248 e. The Morgan fingerprint density at radius 2 is 2.00 bits per heavy atom. The van der Waals surface area contributed by atoms with Gasteiger partial charge in [0.2, 0.25) is 15.9 Å². The van der Waals surface area contributed by atoms with Crippen LogP contribution in [0.1, 0.15) is 37.6 Å². The standard InChI is InChI=1S/C13H23N3O4S/c1-5-6-7-8-14-12(17)9-16(4)21(18,19)13-10(2)15-20-11(13)3/h5-9H2,1-4H3,(H,14,17). The zero-order valence-corrected chi connectivity index (χ0v) is 13.8. The highest BCUT2D eigenvalue weighted by Crippen LogP contribution is 2.21. The van der Waals surface area contributed by atoms with Crippen LogP contribution in [-0.4, -0.2) is 43.9 Å². The number of carbonyl (C=O) groups is 1. The van der Waals surface area contributed by atoms with Gasteiger partial charge in [-0.25, -0.2) is 8.42 Å². The van der Waals surface area contributed by atoms with Crippen molar-refractivity contribution in [2.24, 2.45) is 0 Å². The number of likely N-dealkylation sites (N-methyl/N-ethyl adjacent to an activating group) is 1. The molecule has 7 nitrogen and oxygen atoms in total. The molecule has 0 radical (unpaired) electrons. The van der Waals surface area contributed by atoms with Crippen molar-refractivity contribution in [1.29, 1.82) is 0 Å². The van der Waals surface area contributed by atoms with Crippen LogP contribution in [0.15, 0.2) is 9.42 Å². The fraction of sp³-hybridized carbons (Fsp3) is 0.692. The van der Waals surface area contributed by atoms with Crippen molar-refractivity contribution in [2.75, 3.05) is 20.1 Å². The number of aromatic nitrogens is 1. The Morgan fingerprint density at radius 1 is 1.33 bits per heavy atom. The van der Waals surface area contributed by atoms with E-state index in [-0.39, 0.29) is 23.1 Å². The van der Waals surface area contributed by atoms with Crippen LogP contribution in [0.2, 0.25) is 0 Å². The van der Waals surface area contributed by atoms with Gasteiger partial charge in [0.25, 0.3) is 0 Å². The largest absolute Gasteiger partial charge is 0.360 e. The number of rotatable bonds is 8. The summed E-state index contributed by atoms with van der Waals surface area (Å²) in [6, 6.07) is 0. The molecule has 0 aromatic carbocycles. The number of hydrogen-bond donors (Lipinski definition) is 1. The molecule has 1 rings (SSSR count). The van der Waals surface area contributed by atoms with E-state index in [4.69, 9.17) is 4.52 Å². The van der Waals surface area contributed by atoms with Crippen molar-refractivity contribution >= 4 is 15.9 Å². The van der Waals surface area contributed by atoms with Crippen molar-refractivity contribution in [3.05, 3.63) is 11.5 Å². The number of aryl methyl sites for hydroxylation is 2. The first-order valence-electron chi connectivity index (χ1n) is 6.96. The van der Waals surface area contributed by atoms with E-state index < -0.39 is 10.0 Å². The SMILES string of the molecule is CCCCCNC(=O)CN(C)S(=O)(=O)c1c(C)noc1C. The Bertz CT molecular complexity index is 561. The summed E-state index contributed by atoms with van der Waals surface area (Å²) in [6.45, 7) is 5.50. The summed E-state index contributed by atoms with van der Waals surface area (Å²) in [4.78, 5) is 11.8. The number of amides is 1. The average Bonchev–Trinajstić information content (AvgIpc) is 2.74. The molecule has 21 heavy (non-hydrogen) atoms. The number of sulfonamides is 1. The van der Waals surface area contributed by atoms with Crippen LogP contribution in [0.4, 0.5) is 0 Å². The van der Waals surface area contributed by atoms with Crippen molar-refractivity contribution < 1.29 is 17.7 Å². The van der Waals surface area contributed by atoms with Gasteiger partial charge in [0.05, 0.1) is 6.54 Å². The molecule has 120 valence electrons. The van der Waals surface area contributed by atoms with Crippen LogP contribution in [-0.2, 0) is 14.8 Å². The van der Waals surface area contributed by atoms with Crippen LogP contribution in [0.25, 0.3) is 0 Å². The third-order valence-corrected chi connectivity index (χ3v) is 5.15. The second-order valence-electron chi connectivity index (χ2n) is 4.97. The Labute approximate surface area is 125 Å². The number of nitrogens with zero attached hydrogens (tertiary/aromatic N) is 2. The van der Waals surface area contributed by atoms with E-state index in [1.807, 2.05) is 0 Å². The molecule has 1 heterocycles. The summed E-state index contributed by atoms with van der Waals surface area (Å²) in [6.07, 6.45) is 2.99. The van der Waals surface area contributed by atoms with Gasteiger partial charge in [-0.05, 0) is 20.3 Å². The molecule has 0 aliphatic carbocycles. The monoisotopic (exact) mass is 317 g/mol. The molecule has 0 fully saturated rings. The molecule has 1 N–H and O–H groups in total. The van der Waals surface area contributed by atoms with Gasteiger partial charge in [0.15, 0.2) is 5.76 Å². The summed E-state index contributed by atoms with van der Waals surface area (Å²) >= 11 is 0. The Morgan fingerprint density at radius 3 is 2.52 bits per heavy atom. The lowest BCUT2D eigenvalue weighted by atomic mass is 10.2. The molecular weight excluding hydrogens is 294 g/mol. The summed E-state index contributed by atoms with van der Waals surface area (Å²) in [5.74, 6) is -0.0911. The van der Waals surface area contributed by atoms with Crippen molar-refractivity contribution in [3.8, 4) is 0 Å². The number of nitrogens with one attached hydrogen (secondary N) is 1. The zero-order valence-electron chi connectivity index (χ0n) is 13.0. The molecule has 0 saturated heterocycles. The molecular formula is C13H23N3O4S. The van der Waals surface area contributed by atoms with Crippen molar-refractivity contribution in [3.63, 3.8) is 0 Å². The first kappa shape index (κ1) is 17.6. The van der Waals surface area contributed by atoms with Gasteiger partial charge in [-0.2, -0.15) is 4.31 Å². The topological polar surface area (TPSA) is 92.5 Å². The van der Waals surface area contributed by atoms with E-state index in [1.165, 1.54) is 14.0 Å². The third kappa shape index (κ3) is 4.53. The highest BCUT2D eigenvalue weighted by molar-refractivity contribution is 7.89. The van der Waals surface area contributed by atoms with Crippen LogP contribution in [0, 0.1) is 13.8 Å². The lowest BCUT2D eigenvalue weighted by molar-refractivity contribution is -0.121. The maximum atomic E-state index is 12.4. The van der Waals surface area contributed by atoms with E-state index in [2.05, 4.69) is 17.4 Å². The lowest BCUT2D eigenvalue weighted by Crippen LogP contribution is -2.38. The number of carbonyl (C=O) groups excluding carboxylic acids is 1. The second-order valence-corrected chi connectivity index (χ2v) is 6.95. The molecule has 1 aromatic rings. The van der Waals surface area contributed by atoms with Gasteiger partial charge in [0.1, 0.15) is 10.6 Å². The predicted molar refractivity (Wildman–Crippen MR) is 78.3 cm³/mol. The summed E-state index contributed by atoms with van der Waals surface area (Å²) in [5.41, 5.74) is 0.294. The molecule has 1 amide bonds. The molecule has 0 unspecified atom stereocenters. The van der Waals surface area contributed by atoms with E-state index >= 15 is 0 Å². The minimum Gasteiger partial charge on any atom is -0.360 e. The third-order valence-electron chi connectivity index (χ3n) is 3.10. The Balaban J connectivity index is 2.66. The first-order valence-corrected chi connectivity index (χ1v) is 8.40. The fourth-order valence-corrected chi connectivity index (χ4v) is 3.35. The molecule has 0 atom stereocenters. The summed E-state index contributed by atoms with van der Waals surface area (Å²) in [5, 5.41) is 6.34. The predicted octanol–water partition coefficient (Wildman–Crippen LogP) is 1.22. The van der Waals surface area contributed by atoms with Crippen LogP contribution in [0.3, 0.4) is 0 Å². The minimum atomic E-state index is -3.77. The maximum absolute atomic E-state index is 12.4. The molecule has 0 spiro atoms. The van der Waals surface area contributed by atoms with E-state index in [0.29, 0.717) is 12.2 Å². The van der Waals surface area contributed by atoms with Gasteiger partial charge in [0, 0.05) is 13.6 Å². The molecule has 0 bridgehead atoms. The highest BCUT2D eigenvalue weighted by atomic mass is 32.2. The van der Waals surface area contributed by atoms with Gasteiger partial charge in [-0.15, -0.1) is 0 Å². The first-order chi connectivity index (χ1) is 9.80. The summed E-state index contributed by atoms with van der Waals surface area (Å²) in [7, 11) is -2.40. The van der Waals surface area contributed by atoms with Gasteiger partial charge < -0.3 is 9.84 Å². The minimum absolute atomic E-state index is 0.0313. The lowest BCUT2D eigenvalue weighted by Gasteiger charge is -2.16. The number of hydrogen-bond acceptors (Lipinski definition) is 5. The average molecular weight is 317 g/mol. The Hall–Kier alpha value is -1.41. The quantitative estimate of drug-likeness (QED) is 0.728. The van der Waals surface area contributed by atoms with E-state index in [9.17, 15) is 13.2 Å². The fourth-order valence-electron chi connectivity index (χ4n) is 1.94. The second kappa shape index (κ2) is 7.56. The van der Waals surface area contributed by atoms with Crippen molar-refractivity contribution in [2.45, 2.75) is 44.9 Å². The smallest absolute Gasteiger partial charge is 0.248 e. The molecule has 8 heteroatoms. The van der Waals surface area contributed by atoms with Crippen LogP contribution < -0.4 is 5.32 Å². The zero-order chi connectivity index (χ0) is 16.0. The highest BCUT2D eigenvalue weighted by Gasteiger charge is 2.29. The van der Waals surface area contributed by atoms with Crippen LogP contribution in [0.5, 0.6) is 0 Å². The van der Waals surface area contributed by atoms with E-state index in [1.54, 1.807) is 6.92 Å². The van der Waals surface area contributed by atoms with Crippen molar-refractivity contribution in [1.82, 2.24) is 14.8 Å². The number of unbranched alkanes of at least 4 members (excludes halogenated alkanes) is 2. The molecule has 1 aromatic heterocycles. The van der Waals surface area contributed by atoms with E-state index in [0.717, 1.165) is 23.6 Å². The summed E-state index contributed by atoms with van der Waals surface area (Å²) < 4.78 is 30.7. The molecule has 0 aliphatic heterocycles. The normalized spacial score (nSPS) is 11.9. The van der Waals surface area contributed by atoms with Crippen LogP contribution >= 0.6 is 0 Å².